The second-order valence-electron chi connectivity index (χ2n) is 8.56. The predicted molar refractivity (Wildman–Crippen MR) is 126 cm³/mol. The molecule has 0 bridgehead atoms. The monoisotopic (exact) mass is 452 g/mol. The van der Waals surface area contributed by atoms with Gasteiger partial charge in [0, 0.05) is 19.4 Å². The quantitative estimate of drug-likeness (QED) is 0.419. The summed E-state index contributed by atoms with van der Waals surface area (Å²) in [5.41, 5.74) is -0.0603. The number of carbonyl (C=O) groups excluding carboxylic acids is 2. The van der Waals surface area contributed by atoms with Crippen molar-refractivity contribution in [2.75, 3.05) is 11.5 Å². The van der Waals surface area contributed by atoms with Gasteiger partial charge in [-0.15, -0.1) is 0 Å². The number of esters is 1. The van der Waals surface area contributed by atoms with Crippen molar-refractivity contribution in [1.82, 2.24) is 0 Å². The number of rotatable bonds is 7. The molecule has 1 unspecified atom stereocenters. The molecule has 1 amide bonds. The van der Waals surface area contributed by atoms with Gasteiger partial charge in [0.25, 0.3) is 0 Å². The van der Waals surface area contributed by atoms with Crippen LogP contribution in [0.3, 0.4) is 0 Å². The number of benzene rings is 1. The minimum Gasteiger partial charge on any atom is -0.494 e. The fourth-order valence-corrected chi connectivity index (χ4v) is 3.24. The van der Waals surface area contributed by atoms with Crippen LogP contribution >= 0.6 is 0 Å². The lowest BCUT2D eigenvalue weighted by Gasteiger charge is -2.31. The van der Waals surface area contributed by atoms with Crippen molar-refractivity contribution in [3.63, 3.8) is 0 Å². The maximum Gasteiger partial charge on any atom is 0.329 e. The summed E-state index contributed by atoms with van der Waals surface area (Å²) in [5, 5.41) is 9.43. The molecule has 0 fully saturated rings. The van der Waals surface area contributed by atoms with E-state index in [1.54, 1.807) is 39.8 Å². The standard InChI is InChI=1S/C26H32N2O5/c1-7-31-21-11-9-8-10-12-22(16-21)32-24-14-13-20(17-27)15-23(24)28(19(3)29)18(2)25(30)33-26(4,5)6/h8,10-11,13-16,18H,7,9,12H2,1-6H3/b10-8-,21-11?,22-16+. The summed E-state index contributed by atoms with van der Waals surface area (Å²) in [5.74, 6) is 0.703. The van der Waals surface area contributed by atoms with Crippen LogP contribution in [0.2, 0.25) is 0 Å². The number of nitriles is 1. The highest BCUT2D eigenvalue weighted by molar-refractivity contribution is 5.99. The molecule has 1 atom stereocenters. The zero-order chi connectivity index (χ0) is 24.6. The van der Waals surface area contributed by atoms with Gasteiger partial charge in [0.15, 0.2) is 5.75 Å². The number of anilines is 1. The third-order valence-electron chi connectivity index (χ3n) is 4.62. The Labute approximate surface area is 195 Å². The van der Waals surface area contributed by atoms with E-state index in [1.165, 1.54) is 17.9 Å². The minimum absolute atomic E-state index is 0.314. The number of hydrogen-bond donors (Lipinski definition) is 0. The van der Waals surface area contributed by atoms with Crippen molar-refractivity contribution in [1.29, 1.82) is 5.26 Å². The molecular formula is C26H32N2O5. The van der Waals surface area contributed by atoms with E-state index < -0.39 is 17.6 Å². The molecule has 33 heavy (non-hydrogen) atoms. The summed E-state index contributed by atoms with van der Waals surface area (Å²) in [6, 6.07) is 5.92. The Morgan fingerprint density at radius 1 is 1.24 bits per heavy atom. The number of amides is 1. The molecule has 7 heteroatoms. The smallest absolute Gasteiger partial charge is 0.329 e. The summed E-state index contributed by atoms with van der Waals surface area (Å²) in [6.07, 6.45) is 9.04. The average Bonchev–Trinajstić information content (AvgIpc) is 2.70. The fourth-order valence-electron chi connectivity index (χ4n) is 3.24. The number of ether oxygens (including phenoxy) is 3. The zero-order valence-electron chi connectivity index (χ0n) is 20.2. The molecule has 1 aliphatic carbocycles. The zero-order valence-corrected chi connectivity index (χ0v) is 20.2. The van der Waals surface area contributed by atoms with E-state index >= 15 is 0 Å². The summed E-state index contributed by atoms with van der Waals surface area (Å²) >= 11 is 0. The van der Waals surface area contributed by atoms with Crippen molar-refractivity contribution in [2.45, 2.75) is 66.0 Å². The van der Waals surface area contributed by atoms with Crippen LogP contribution in [-0.2, 0) is 19.1 Å². The SMILES string of the molecule is CCOC1=CC/C=C\C/C(Oc2ccc(C#N)cc2N(C(C)=O)C(C)C(=O)OC(C)(C)C)=C\1. The molecular weight excluding hydrogens is 420 g/mol. The average molecular weight is 453 g/mol. The molecule has 1 aromatic carbocycles. The second-order valence-corrected chi connectivity index (χ2v) is 8.56. The molecule has 0 N–H and O–H groups in total. The van der Waals surface area contributed by atoms with Crippen LogP contribution in [0.25, 0.3) is 0 Å². The molecule has 0 saturated carbocycles. The van der Waals surface area contributed by atoms with Gasteiger partial charge in [-0.2, -0.15) is 5.26 Å². The first-order chi connectivity index (χ1) is 15.6. The highest BCUT2D eigenvalue weighted by atomic mass is 16.6. The van der Waals surface area contributed by atoms with Crippen molar-refractivity contribution in [2.24, 2.45) is 0 Å². The Morgan fingerprint density at radius 3 is 2.58 bits per heavy atom. The van der Waals surface area contributed by atoms with E-state index in [0.717, 1.165) is 6.42 Å². The topological polar surface area (TPSA) is 88.9 Å². The summed E-state index contributed by atoms with van der Waals surface area (Å²) in [7, 11) is 0. The van der Waals surface area contributed by atoms with E-state index in [0.29, 0.717) is 41.5 Å². The van der Waals surface area contributed by atoms with Crippen LogP contribution in [-0.4, -0.2) is 30.1 Å². The van der Waals surface area contributed by atoms with Crippen LogP contribution in [0.15, 0.2) is 54.0 Å². The lowest BCUT2D eigenvalue weighted by atomic mass is 10.1. The highest BCUT2D eigenvalue weighted by Gasteiger charge is 2.31. The van der Waals surface area contributed by atoms with Crippen molar-refractivity contribution < 1.29 is 23.8 Å². The van der Waals surface area contributed by atoms with Gasteiger partial charge in [0.05, 0.1) is 23.9 Å². The molecule has 0 radical (unpaired) electrons. The van der Waals surface area contributed by atoms with Crippen LogP contribution in [0, 0.1) is 11.3 Å². The molecule has 2 rings (SSSR count). The van der Waals surface area contributed by atoms with Gasteiger partial charge in [0.2, 0.25) is 5.91 Å². The van der Waals surface area contributed by atoms with Gasteiger partial charge >= 0.3 is 5.97 Å². The molecule has 0 aliphatic heterocycles. The van der Waals surface area contributed by atoms with Gasteiger partial charge in [-0.05, 0) is 65.3 Å². The summed E-state index contributed by atoms with van der Waals surface area (Å²) in [4.78, 5) is 26.7. The van der Waals surface area contributed by atoms with Crippen molar-refractivity contribution in [3.8, 4) is 11.8 Å². The first-order valence-electron chi connectivity index (χ1n) is 11.0. The normalized spacial score (nSPS) is 17.1. The first-order valence-corrected chi connectivity index (χ1v) is 11.0. The van der Waals surface area contributed by atoms with Crippen LogP contribution in [0.5, 0.6) is 5.75 Å². The van der Waals surface area contributed by atoms with Crippen LogP contribution < -0.4 is 9.64 Å². The first kappa shape index (κ1) is 25.7. The third kappa shape index (κ3) is 7.53. The van der Waals surface area contributed by atoms with E-state index in [-0.39, 0.29) is 5.91 Å². The van der Waals surface area contributed by atoms with Gasteiger partial charge in [-0.25, -0.2) is 4.79 Å². The highest BCUT2D eigenvalue weighted by Crippen LogP contribution is 2.34. The van der Waals surface area contributed by atoms with Gasteiger partial charge < -0.3 is 14.2 Å². The Hall–Kier alpha value is -3.53. The Balaban J connectivity index is 2.50. The fraction of sp³-hybridized carbons (Fsp3) is 0.423. The lowest BCUT2D eigenvalue weighted by Crippen LogP contribution is -2.45. The number of hydrogen-bond acceptors (Lipinski definition) is 6. The van der Waals surface area contributed by atoms with Gasteiger partial charge in [0.1, 0.15) is 23.2 Å². The molecule has 0 saturated heterocycles. The second kappa shape index (κ2) is 11.4. The lowest BCUT2D eigenvalue weighted by molar-refractivity contribution is -0.156. The van der Waals surface area contributed by atoms with Gasteiger partial charge in [-0.3, -0.25) is 9.69 Å². The maximum absolute atomic E-state index is 12.8. The van der Waals surface area contributed by atoms with Gasteiger partial charge in [-0.1, -0.05) is 12.2 Å². The largest absolute Gasteiger partial charge is 0.494 e. The predicted octanol–water partition coefficient (Wildman–Crippen LogP) is 5.17. The Bertz CT molecular complexity index is 1010. The van der Waals surface area contributed by atoms with E-state index in [2.05, 4.69) is 6.07 Å². The molecule has 0 spiro atoms. The number of carbonyl (C=O) groups is 2. The minimum atomic E-state index is -0.928. The van der Waals surface area contributed by atoms with Crippen LogP contribution in [0.4, 0.5) is 5.69 Å². The number of allylic oxidation sites excluding steroid dienone is 4. The number of nitrogens with zero attached hydrogens (tertiary/aromatic N) is 2. The molecule has 176 valence electrons. The Kier molecular flexibility index (Phi) is 8.86. The summed E-state index contributed by atoms with van der Waals surface area (Å²) < 4.78 is 17.3. The molecule has 1 aromatic rings. The molecule has 0 aromatic heterocycles. The summed E-state index contributed by atoms with van der Waals surface area (Å²) in [6.45, 7) is 10.7. The molecule has 1 aliphatic rings. The maximum atomic E-state index is 12.8. The third-order valence-corrected chi connectivity index (χ3v) is 4.62. The van der Waals surface area contributed by atoms with E-state index in [1.807, 2.05) is 31.2 Å². The van der Waals surface area contributed by atoms with E-state index in [9.17, 15) is 14.9 Å². The van der Waals surface area contributed by atoms with Crippen molar-refractivity contribution in [3.05, 3.63) is 59.6 Å². The molecule has 7 nitrogen and oxygen atoms in total. The van der Waals surface area contributed by atoms with Crippen molar-refractivity contribution >= 4 is 17.6 Å². The van der Waals surface area contributed by atoms with E-state index in [4.69, 9.17) is 14.2 Å². The Morgan fingerprint density at radius 2 is 1.97 bits per heavy atom. The molecule has 0 heterocycles. The van der Waals surface area contributed by atoms with Crippen LogP contribution in [0.1, 0.15) is 59.9 Å².